The Bertz CT molecular complexity index is 394. The lowest BCUT2D eigenvalue weighted by Crippen LogP contribution is -2.43. The SMILES string of the molecule is CCc1ccc(CC2(C(=O)O)CCNCC2)s1. The summed E-state index contributed by atoms with van der Waals surface area (Å²) >= 11 is 1.76. The smallest absolute Gasteiger partial charge is 0.310 e. The molecule has 2 N–H and O–H groups in total. The summed E-state index contributed by atoms with van der Waals surface area (Å²) in [6.07, 6.45) is 3.20. The highest BCUT2D eigenvalue weighted by Crippen LogP contribution is 2.35. The van der Waals surface area contributed by atoms with Gasteiger partial charge in [0, 0.05) is 9.75 Å². The van der Waals surface area contributed by atoms with Gasteiger partial charge in [0.05, 0.1) is 5.41 Å². The molecule has 0 aliphatic carbocycles. The van der Waals surface area contributed by atoms with Gasteiger partial charge in [0.15, 0.2) is 0 Å². The van der Waals surface area contributed by atoms with E-state index >= 15 is 0 Å². The fourth-order valence-electron chi connectivity index (χ4n) is 2.41. The van der Waals surface area contributed by atoms with Crippen molar-refractivity contribution >= 4 is 17.3 Å². The van der Waals surface area contributed by atoms with Gasteiger partial charge in [0.1, 0.15) is 0 Å². The molecule has 1 aromatic rings. The molecule has 0 spiro atoms. The van der Waals surface area contributed by atoms with Crippen molar-refractivity contribution in [1.29, 1.82) is 0 Å². The van der Waals surface area contributed by atoms with Crippen molar-refractivity contribution in [3.05, 3.63) is 21.9 Å². The largest absolute Gasteiger partial charge is 0.481 e. The summed E-state index contributed by atoms with van der Waals surface area (Å²) < 4.78 is 0. The molecular weight excluding hydrogens is 234 g/mol. The van der Waals surface area contributed by atoms with Crippen molar-refractivity contribution in [1.82, 2.24) is 5.32 Å². The molecule has 94 valence electrons. The van der Waals surface area contributed by atoms with Gasteiger partial charge < -0.3 is 10.4 Å². The van der Waals surface area contributed by atoms with Crippen LogP contribution >= 0.6 is 11.3 Å². The number of carboxylic acids is 1. The van der Waals surface area contributed by atoms with Crippen molar-refractivity contribution < 1.29 is 9.90 Å². The van der Waals surface area contributed by atoms with Crippen LogP contribution in [0.3, 0.4) is 0 Å². The summed E-state index contributed by atoms with van der Waals surface area (Å²) in [4.78, 5) is 14.1. The Balaban J connectivity index is 2.14. The van der Waals surface area contributed by atoms with Crippen molar-refractivity contribution in [2.24, 2.45) is 5.41 Å². The Hall–Kier alpha value is -0.870. The molecule has 1 aromatic heterocycles. The van der Waals surface area contributed by atoms with Gasteiger partial charge in [-0.2, -0.15) is 0 Å². The van der Waals surface area contributed by atoms with E-state index in [1.807, 2.05) is 0 Å². The lowest BCUT2D eigenvalue weighted by atomic mass is 9.76. The molecule has 1 aliphatic rings. The van der Waals surface area contributed by atoms with Gasteiger partial charge in [0.25, 0.3) is 0 Å². The topological polar surface area (TPSA) is 49.3 Å². The summed E-state index contributed by atoms with van der Waals surface area (Å²) in [7, 11) is 0. The first-order valence-electron chi connectivity index (χ1n) is 6.18. The van der Waals surface area contributed by atoms with E-state index in [1.54, 1.807) is 11.3 Å². The lowest BCUT2D eigenvalue weighted by molar-refractivity contribution is -0.150. The molecule has 2 heterocycles. The van der Waals surface area contributed by atoms with E-state index in [0.717, 1.165) is 32.4 Å². The van der Waals surface area contributed by atoms with Crippen LogP contribution in [0, 0.1) is 5.41 Å². The van der Waals surface area contributed by atoms with Gasteiger partial charge in [-0.25, -0.2) is 0 Å². The number of rotatable bonds is 4. The molecular formula is C13H19NO2S. The zero-order valence-corrected chi connectivity index (χ0v) is 11.0. The maximum Gasteiger partial charge on any atom is 0.310 e. The molecule has 0 bridgehead atoms. The quantitative estimate of drug-likeness (QED) is 0.865. The van der Waals surface area contributed by atoms with Crippen LogP contribution in [-0.4, -0.2) is 24.2 Å². The number of aliphatic carboxylic acids is 1. The average Bonchev–Trinajstić information content (AvgIpc) is 2.77. The molecule has 1 saturated heterocycles. The van der Waals surface area contributed by atoms with Gasteiger partial charge in [-0.15, -0.1) is 11.3 Å². The van der Waals surface area contributed by atoms with Crippen molar-refractivity contribution in [2.45, 2.75) is 32.6 Å². The Labute approximate surface area is 106 Å². The van der Waals surface area contributed by atoms with Crippen LogP contribution in [-0.2, 0) is 17.6 Å². The highest BCUT2D eigenvalue weighted by atomic mass is 32.1. The summed E-state index contributed by atoms with van der Waals surface area (Å²) in [5.41, 5.74) is -0.541. The Morgan fingerprint density at radius 3 is 2.59 bits per heavy atom. The molecule has 0 amide bonds. The normalized spacial score (nSPS) is 19.1. The fourth-order valence-corrected chi connectivity index (χ4v) is 3.51. The Morgan fingerprint density at radius 2 is 2.06 bits per heavy atom. The van der Waals surface area contributed by atoms with E-state index in [-0.39, 0.29) is 0 Å². The van der Waals surface area contributed by atoms with Crippen LogP contribution in [0.25, 0.3) is 0 Å². The minimum Gasteiger partial charge on any atom is -0.481 e. The number of thiophene rings is 1. The van der Waals surface area contributed by atoms with Crippen LogP contribution in [0.15, 0.2) is 12.1 Å². The van der Waals surface area contributed by atoms with Crippen molar-refractivity contribution in [3.8, 4) is 0 Å². The second kappa shape index (κ2) is 5.19. The molecule has 0 unspecified atom stereocenters. The highest BCUT2D eigenvalue weighted by Gasteiger charge is 2.39. The predicted octanol–water partition coefficient (Wildman–Crippen LogP) is 2.31. The fraction of sp³-hybridized carbons (Fsp3) is 0.615. The third kappa shape index (κ3) is 2.69. The maximum absolute atomic E-state index is 11.5. The van der Waals surface area contributed by atoms with Crippen LogP contribution in [0.1, 0.15) is 29.5 Å². The van der Waals surface area contributed by atoms with Crippen LogP contribution in [0.5, 0.6) is 0 Å². The first kappa shape index (κ1) is 12.6. The monoisotopic (exact) mass is 253 g/mol. The zero-order chi connectivity index (χ0) is 12.3. The van der Waals surface area contributed by atoms with E-state index in [2.05, 4.69) is 24.4 Å². The molecule has 4 heteroatoms. The van der Waals surface area contributed by atoms with E-state index < -0.39 is 11.4 Å². The molecule has 3 nitrogen and oxygen atoms in total. The molecule has 2 rings (SSSR count). The molecule has 17 heavy (non-hydrogen) atoms. The van der Waals surface area contributed by atoms with Gasteiger partial charge >= 0.3 is 5.97 Å². The summed E-state index contributed by atoms with van der Waals surface area (Å²) in [6.45, 7) is 3.77. The second-order valence-electron chi connectivity index (χ2n) is 4.73. The summed E-state index contributed by atoms with van der Waals surface area (Å²) in [5.74, 6) is -0.634. The van der Waals surface area contributed by atoms with Crippen LogP contribution in [0.4, 0.5) is 0 Å². The van der Waals surface area contributed by atoms with Crippen molar-refractivity contribution in [3.63, 3.8) is 0 Å². The first-order chi connectivity index (χ1) is 8.16. The number of nitrogens with one attached hydrogen (secondary N) is 1. The number of piperidine rings is 1. The van der Waals surface area contributed by atoms with E-state index in [4.69, 9.17) is 0 Å². The minimum absolute atomic E-state index is 0.541. The number of carbonyl (C=O) groups is 1. The number of aryl methyl sites for hydroxylation is 1. The summed E-state index contributed by atoms with van der Waals surface area (Å²) in [5, 5.41) is 12.7. The van der Waals surface area contributed by atoms with Gasteiger partial charge in [-0.3, -0.25) is 4.79 Å². The number of hydrogen-bond donors (Lipinski definition) is 2. The van der Waals surface area contributed by atoms with Crippen LogP contribution in [0.2, 0.25) is 0 Å². The van der Waals surface area contributed by atoms with E-state index in [0.29, 0.717) is 6.42 Å². The highest BCUT2D eigenvalue weighted by molar-refractivity contribution is 7.12. The molecule has 0 aromatic carbocycles. The van der Waals surface area contributed by atoms with Gasteiger partial charge in [-0.1, -0.05) is 6.92 Å². The average molecular weight is 253 g/mol. The lowest BCUT2D eigenvalue weighted by Gasteiger charge is -2.33. The Kier molecular flexibility index (Phi) is 3.84. The minimum atomic E-state index is -0.634. The first-order valence-corrected chi connectivity index (χ1v) is 7.00. The van der Waals surface area contributed by atoms with Crippen LogP contribution < -0.4 is 5.32 Å². The van der Waals surface area contributed by atoms with E-state index in [1.165, 1.54) is 9.75 Å². The third-order valence-corrected chi connectivity index (χ3v) is 4.82. The third-order valence-electron chi connectivity index (χ3n) is 3.59. The zero-order valence-electron chi connectivity index (χ0n) is 10.2. The Morgan fingerprint density at radius 1 is 1.41 bits per heavy atom. The molecule has 1 fully saturated rings. The number of hydrogen-bond acceptors (Lipinski definition) is 3. The molecule has 0 saturated carbocycles. The van der Waals surface area contributed by atoms with Gasteiger partial charge in [-0.05, 0) is 50.9 Å². The molecule has 1 aliphatic heterocycles. The van der Waals surface area contributed by atoms with Crippen molar-refractivity contribution in [2.75, 3.05) is 13.1 Å². The second-order valence-corrected chi connectivity index (χ2v) is 5.99. The molecule has 0 atom stereocenters. The van der Waals surface area contributed by atoms with E-state index in [9.17, 15) is 9.90 Å². The molecule has 0 radical (unpaired) electrons. The number of carboxylic acid groups (broad SMARTS) is 1. The predicted molar refractivity (Wildman–Crippen MR) is 69.6 cm³/mol. The van der Waals surface area contributed by atoms with Gasteiger partial charge in [0.2, 0.25) is 0 Å². The maximum atomic E-state index is 11.5. The standard InChI is InChI=1S/C13H19NO2S/c1-2-10-3-4-11(17-10)9-13(12(15)16)5-7-14-8-6-13/h3-4,14H,2,5-9H2,1H3,(H,15,16). The summed E-state index contributed by atoms with van der Waals surface area (Å²) in [6, 6.07) is 4.22.